The van der Waals surface area contributed by atoms with Gasteiger partial charge in [0.2, 0.25) is 0 Å². The maximum absolute atomic E-state index is 13.0. The molecule has 7 heteroatoms. The average molecular weight is 367 g/mol. The number of carbonyl (C=O) groups excluding carboxylic acids is 1. The summed E-state index contributed by atoms with van der Waals surface area (Å²) < 4.78 is 3.82. The summed E-state index contributed by atoms with van der Waals surface area (Å²) in [6.45, 7) is 2.65. The summed E-state index contributed by atoms with van der Waals surface area (Å²) >= 11 is 0. The molecule has 1 fully saturated rings. The van der Waals surface area contributed by atoms with Gasteiger partial charge in [0.25, 0.3) is 5.91 Å². The van der Waals surface area contributed by atoms with Crippen molar-refractivity contribution in [3.8, 4) is 0 Å². The highest BCUT2D eigenvalue weighted by molar-refractivity contribution is 6.06. The Morgan fingerprint density at radius 1 is 1.33 bits per heavy atom. The first-order valence-corrected chi connectivity index (χ1v) is 9.44. The van der Waals surface area contributed by atoms with E-state index in [1.54, 1.807) is 10.9 Å². The number of amides is 1. The highest BCUT2D eigenvalue weighted by Crippen LogP contribution is 2.25. The number of aromatic nitrogens is 4. The van der Waals surface area contributed by atoms with Gasteiger partial charge in [0.15, 0.2) is 0 Å². The molecule has 1 aliphatic rings. The fraction of sp³-hybridized carbons (Fsp3) is 0.450. The molecule has 0 saturated heterocycles. The van der Waals surface area contributed by atoms with Gasteiger partial charge in [-0.25, -0.2) is 0 Å². The second-order valence-electron chi connectivity index (χ2n) is 7.45. The van der Waals surface area contributed by atoms with Gasteiger partial charge in [-0.1, -0.05) is 12.8 Å². The summed E-state index contributed by atoms with van der Waals surface area (Å²) in [5.41, 5.74) is 4.33. The Labute approximate surface area is 158 Å². The van der Waals surface area contributed by atoms with Crippen LogP contribution in [0.2, 0.25) is 0 Å². The molecule has 7 nitrogen and oxygen atoms in total. The number of hydrogen-bond donors (Lipinski definition) is 2. The minimum atomic E-state index is -0.471. The molecule has 1 aliphatic carbocycles. The van der Waals surface area contributed by atoms with Gasteiger partial charge in [-0.3, -0.25) is 14.5 Å². The molecule has 4 rings (SSSR count). The van der Waals surface area contributed by atoms with Crippen molar-refractivity contribution < 1.29 is 9.90 Å². The minimum Gasteiger partial charge on any atom is -0.391 e. The Hall–Kier alpha value is -2.67. The van der Waals surface area contributed by atoms with Crippen molar-refractivity contribution in [1.29, 1.82) is 0 Å². The number of carbonyl (C=O) groups is 1. The van der Waals surface area contributed by atoms with E-state index in [4.69, 9.17) is 0 Å². The molecule has 2 atom stereocenters. The maximum atomic E-state index is 13.0. The summed E-state index contributed by atoms with van der Waals surface area (Å²) in [7, 11) is 1.89. The summed E-state index contributed by atoms with van der Waals surface area (Å²) in [5, 5.41) is 17.4. The summed E-state index contributed by atoms with van der Waals surface area (Å²) in [4.78, 5) is 17.4. The number of pyridine rings is 1. The molecule has 0 aliphatic heterocycles. The van der Waals surface area contributed by atoms with Crippen LogP contribution in [0.5, 0.6) is 0 Å². The molecule has 1 saturated carbocycles. The van der Waals surface area contributed by atoms with E-state index in [2.05, 4.69) is 20.0 Å². The first-order valence-electron chi connectivity index (χ1n) is 9.44. The molecule has 1 amide bonds. The molecule has 0 radical (unpaired) electrons. The van der Waals surface area contributed by atoms with Crippen LogP contribution in [0.25, 0.3) is 11.0 Å². The monoisotopic (exact) mass is 367 g/mol. The van der Waals surface area contributed by atoms with Crippen LogP contribution in [-0.4, -0.2) is 42.5 Å². The molecule has 3 heterocycles. The van der Waals surface area contributed by atoms with Gasteiger partial charge in [-0.05, 0) is 31.4 Å². The molecule has 2 N–H and O–H groups in total. The predicted octanol–water partition coefficient (Wildman–Crippen LogP) is 2.16. The van der Waals surface area contributed by atoms with Crippen molar-refractivity contribution in [2.75, 3.05) is 0 Å². The Balaban J connectivity index is 1.68. The zero-order valence-corrected chi connectivity index (χ0v) is 15.7. The van der Waals surface area contributed by atoms with Crippen molar-refractivity contribution in [2.45, 2.75) is 51.3 Å². The molecular weight excluding hydrogens is 342 g/mol. The van der Waals surface area contributed by atoms with Crippen molar-refractivity contribution in [3.05, 3.63) is 47.5 Å². The van der Waals surface area contributed by atoms with E-state index < -0.39 is 6.10 Å². The van der Waals surface area contributed by atoms with Crippen molar-refractivity contribution in [1.82, 2.24) is 24.6 Å². The quantitative estimate of drug-likeness (QED) is 0.740. The van der Waals surface area contributed by atoms with Gasteiger partial charge >= 0.3 is 0 Å². The van der Waals surface area contributed by atoms with Crippen LogP contribution in [0.4, 0.5) is 0 Å². The third-order valence-electron chi connectivity index (χ3n) is 5.36. The maximum Gasteiger partial charge on any atom is 0.255 e. The largest absolute Gasteiger partial charge is 0.391 e. The number of nitrogens with zero attached hydrogens (tertiary/aromatic N) is 4. The topological polar surface area (TPSA) is 85.0 Å². The van der Waals surface area contributed by atoms with Crippen LogP contribution in [0.1, 0.15) is 47.2 Å². The van der Waals surface area contributed by atoms with Gasteiger partial charge < -0.3 is 15.0 Å². The van der Waals surface area contributed by atoms with Crippen molar-refractivity contribution >= 4 is 16.9 Å². The lowest BCUT2D eigenvalue weighted by Gasteiger charge is -2.28. The smallest absolute Gasteiger partial charge is 0.255 e. The van der Waals surface area contributed by atoms with Gasteiger partial charge in [-0.2, -0.15) is 5.10 Å². The standard InChI is InChI=1S/C20H25N5O2/c1-13-7-8-21-18-15(20(27)23-16-5-3-4-6-17(16)26)12-25(19(13)18)11-14-9-22-24(2)10-14/h7-10,12,16-17,26H,3-6,11H2,1-2H3,(H,23,27)/t16-,17?/m0/s1. The van der Waals surface area contributed by atoms with Crippen LogP contribution in [0, 0.1) is 6.92 Å². The number of aliphatic hydroxyl groups is 1. The lowest BCUT2D eigenvalue weighted by Crippen LogP contribution is -2.45. The third-order valence-corrected chi connectivity index (χ3v) is 5.36. The van der Waals surface area contributed by atoms with Crippen molar-refractivity contribution in [2.24, 2.45) is 7.05 Å². The van der Waals surface area contributed by atoms with Gasteiger partial charge in [0.1, 0.15) is 5.52 Å². The van der Waals surface area contributed by atoms with Crippen LogP contribution < -0.4 is 5.32 Å². The molecule has 1 unspecified atom stereocenters. The normalized spacial score (nSPS) is 20.1. The zero-order valence-electron chi connectivity index (χ0n) is 15.7. The lowest BCUT2D eigenvalue weighted by molar-refractivity contribution is 0.0718. The Morgan fingerprint density at radius 2 is 2.15 bits per heavy atom. The summed E-state index contributed by atoms with van der Waals surface area (Å²) in [6.07, 6.45) is 10.5. The van der Waals surface area contributed by atoms with E-state index in [0.717, 1.165) is 42.3 Å². The van der Waals surface area contributed by atoms with Crippen LogP contribution in [-0.2, 0) is 13.6 Å². The number of fused-ring (bicyclic) bond motifs is 1. The van der Waals surface area contributed by atoms with Crippen LogP contribution in [0.3, 0.4) is 0 Å². The molecule has 27 heavy (non-hydrogen) atoms. The SMILES string of the molecule is Cc1ccnc2c(C(=O)N[C@H]3CCCCC3O)cn(Cc3cnn(C)c3)c12. The van der Waals surface area contributed by atoms with E-state index in [9.17, 15) is 9.90 Å². The third kappa shape index (κ3) is 3.47. The van der Waals surface area contributed by atoms with E-state index in [0.29, 0.717) is 17.6 Å². The predicted molar refractivity (Wildman–Crippen MR) is 103 cm³/mol. The van der Waals surface area contributed by atoms with E-state index in [1.165, 1.54) is 0 Å². The van der Waals surface area contributed by atoms with Gasteiger partial charge in [0.05, 0.1) is 36.0 Å². The first kappa shape index (κ1) is 17.7. The molecule has 0 bridgehead atoms. The van der Waals surface area contributed by atoms with Gasteiger partial charge in [0, 0.05) is 31.2 Å². The van der Waals surface area contributed by atoms with Crippen LogP contribution >= 0.6 is 0 Å². The molecule has 0 spiro atoms. The second-order valence-corrected chi connectivity index (χ2v) is 7.45. The molecular formula is C20H25N5O2. The zero-order chi connectivity index (χ0) is 19.0. The number of hydrogen-bond acceptors (Lipinski definition) is 4. The van der Waals surface area contributed by atoms with Crippen molar-refractivity contribution in [3.63, 3.8) is 0 Å². The number of aryl methyl sites for hydroxylation is 2. The average Bonchev–Trinajstić information content (AvgIpc) is 3.22. The van der Waals surface area contributed by atoms with Crippen LogP contribution in [0.15, 0.2) is 30.9 Å². The van der Waals surface area contributed by atoms with E-state index in [1.807, 2.05) is 38.6 Å². The summed E-state index contributed by atoms with van der Waals surface area (Å²) in [6, 6.07) is 1.77. The van der Waals surface area contributed by atoms with Gasteiger partial charge in [-0.15, -0.1) is 0 Å². The number of nitrogens with one attached hydrogen (secondary N) is 1. The molecule has 3 aromatic heterocycles. The number of aliphatic hydroxyl groups excluding tert-OH is 1. The Morgan fingerprint density at radius 3 is 2.89 bits per heavy atom. The molecule has 0 aromatic carbocycles. The minimum absolute atomic E-state index is 0.172. The highest BCUT2D eigenvalue weighted by atomic mass is 16.3. The second kappa shape index (κ2) is 7.15. The highest BCUT2D eigenvalue weighted by Gasteiger charge is 2.26. The molecule has 3 aromatic rings. The summed E-state index contributed by atoms with van der Waals surface area (Å²) in [5.74, 6) is -0.172. The van der Waals surface area contributed by atoms with E-state index in [-0.39, 0.29) is 11.9 Å². The fourth-order valence-corrected chi connectivity index (χ4v) is 3.96. The Kier molecular flexibility index (Phi) is 4.70. The fourth-order valence-electron chi connectivity index (χ4n) is 3.96. The number of rotatable bonds is 4. The first-order chi connectivity index (χ1) is 13.0. The molecule has 142 valence electrons. The Bertz CT molecular complexity index is 974. The lowest BCUT2D eigenvalue weighted by atomic mass is 9.92. The van der Waals surface area contributed by atoms with E-state index >= 15 is 0 Å².